The molecule has 0 atom stereocenters. The van der Waals surface area contributed by atoms with Gasteiger partial charge in [-0.15, -0.1) is 4.80 Å². The standard InChI is InChI=1S/C23H18ClF3N6O/c1-32(2)20-16(14-6-4-3-5-7-14)8-9-17(19(20)24)22(34)31-15-12-18(23(25,26)27)21(28-13-15)33-29-10-11-30-33/h3-13H,1-2H3,(H,31,34). The second-order valence-corrected chi connectivity index (χ2v) is 7.83. The lowest BCUT2D eigenvalue weighted by molar-refractivity contribution is -0.137. The van der Waals surface area contributed by atoms with Gasteiger partial charge in [-0.25, -0.2) is 4.98 Å². The summed E-state index contributed by atoms with van der Waals surface area (Å²) in [5.74, 6) is -1.18. The number of alkyl halides is 3. The smallest absolute Gasteiger partial charge is 0.376 e. The zero-order valence-electron chi connectivity index (χ0n) is 18.0. The molecule has 2 aromatic heterocycles. The van der Waals surface area contributed by atoms with Gasteiger partial charge in [0.25, 0.3) is 5.91 Å². The summed E-state index contributed by atoms with van der Waals surface area (Å²) in [6.07, 6.45) is -1.17. The Balaban J connectivity index is 1.70. The predicted octanol–water partition coefficient (Wildman–Crippen LogP) is 5.32. The first-order valence-corrected chi connectivity index (χ1v) is 10.3. The fourth-order valence-corrected chi connectivity index (χ4v) is 3.86. The van der Waals surface area contributed by atoms with Crippen LogP contribution in [0.15, 0.2) is 67.1 Å². The summed E-state index contributed by atoms with van der Waals surface area (Å²) in [6, 6.07) is 13.6. The van der Waals surface area contributed by atoms with E-state index in [4.69, 9.17) is 11.6 Å². The molecule has 0 spiro atoms. The number of carbonyl (C=O) groups excluding carboxylic acids is 1. The largest absolute Gasteiger partial charge is 0.420 e. The molecule has 0 aliphatic heterocycles. The third-order valence-electron chi connectivity index (χ3n) is 4.93. The summed E-state index contributed by atoms with van der Waals surface area (Å²) >= 11 is 6.60. The third kappa shape index (κ3) is 4.58. The van der Waals surface area contributed by atoms with Crippen molar-refractivity contribution in [2.24, 2.45) is 0 Å². The molecular formula is C23H18ClF3N6O. The van der Waals surface area contributed by atoms with E-state index in [1.165, 1.54) is 18.5 Å². The normalized spacial score (nSPS) is 11.4. The number of aromatic nitrogens is 4. The Hall–Kier alpha value is -3.92. The number of rotatable bonds is 5. The number of carbonyl (C=O) groups is 1. The van der Waals surface area contributed by atoms with Crippen LogP contribution in [-0.4, -0.2) is 40.0 Å². The second kappa shape index (κ2) is 9.14. The number of benzene rings is 2. The highest BCUT2D eigenvalue weighted by Crippen LogP contribution is 2.39. The van der Waals surface area contributed by atoms with Crippen molar-refractivity contribution in [3.05, 3.63) is 83.3 Å². The minimum Gasteiger partial charge on any atom is -0.376 e. The van der Waals surface area contributed by atoms with Crippen LogP contribution in [0, 0.1) is 0 Å². The Labute approximate surface area is 197 Å². The number of hydrogen-bond donors (Lipinski definition) is 1. The van der Waals surface area contributed by atoms with Gasteiger partial charge in [-0.1, -0.05) is 48.0 Å². The van der Waals surface area contributed by atoms with Gasteiger partial charge in [0.1, 0.15) is 5.56 Å². The summed E-state index contributed by atoms with van der Waals surface area (Å²) in [5.41, 5.74) is 1.18. The van der Waals surface area contributed by atoms with Gasteiger partial charge in [-0.05, 0) is 17.7 Å². The van der Waals surface area contributed by atoms with Crippen LogP contribution in [0.5, 0.6) is 0 Å². The molecule has 0 aliphatic rings. The van der Waals surface area contributed by atoms with E-state index in [-0.39, 0.29) is 16.3 Å². The number of nitrogens with zero attached hydrogens (tertiary/aromatic N) is 5. The average Bonchev–Trinajstić information content (AvgIpc) is 3.33. The number of amides is 1. The van der Waals surface area contributed by atoms with Gasteiger partial charge in [0, 0.05) is 19.7 Å². The van der Waals surface area contributed by atoms with Crippen LogP contribution < -0.4 is 10.2 Å². The fraction of sp³-hybridized carbons (Fsp3) is 0.130. The van der Waals surface area contributed by atoms with E-state index in [1.54, 1.807) is 25.1 Å². The van der Waals surface area contributed by atoms with Crippen molar-refractivity contribution in [2.75, 3.05) is 24.3 Å². The summed E-state index contributed by atoms with van der Waals surface area (Å²) in [5, 5.41) is 10.0. The minimum atomic E-state index is -4.75. The molecule has 2 heterocycles. The molecule has 0 fully saturated rings. The van der Waals surface area contributed by atoms with E-state index >= 15 is 0 Å². The molecule has 34 heavy (non-hydrogen) atoms. The van der Waals surface area contributed by atoms with E-state index in [0.717, 1.165) is 28.2 Å². The number of anilines is 2. The summed E-state index contributed by atoms with van der Waals surface area (Å²) in [4.78, 5) is 19.3. The van der Waals surface area contributed by atoms with Gasteiger partial charge < -0.3 is 10.2 Å². The minimum absolute atomic E-state index is 0.108. The molecule has 0 saturated carbocycles. The lowest BCUT2D eigenvalue weighted by atomic mass is 10.0. The maximum atomic E-state index is 13.6. The molecule has 1 amide bonds. The van der Waals surface area contributed by atoms with E-state index in [9.17, 15) is 18.0 Å². The monoisotopic (exact) mass is 486 g/mol. The van der Waals surface area contributed by atoms with Crippen LogP contribution in [0.2, 0.25) is 5.02 Å². The van der Waals surface area contributed by atoms with Gasteiger partial charge in [-0.2, -0.15) is 23.4 Å². The molecule has 2 aromatic carbocycles. The molecule has 0 radical (unpaired) electrons. The van der Waals surface area contributed by atoms with Crippen LogP contribution in [0.3, 0.4) is 0 Å². The summed E-state index contributed by atoms with van der Waals surface area (Å²) < 4.78 is 40.9. The van der Waals surface area contributed by atoms with Crippen molar-refractivity contribution < 1.29 is 18.0 Å². The molecule has 0 aliphatic carbocycles. The molecule has 7 nitrogen and oxygen atoms in total. The molecule has 0 unspecified atom stereocenters. The lowest BCUT2D eigenvalue weighted by Gasteiger charge is -2.21. The Bertz CT molecular complexity index is 1320. The van der Waals surface area contributed by atoms with Gasteiger partial charge in [0.2, 0.25) is 0 Å². The van der Waals surface area contributed by atoms with E-state index < -0.39 is 23.5 Å². The first kappa shape index (κ1) is 23.2. The molecule has 1 N–H and O–H groups in total. The first-order chi connectivity index (χ1) is 16.2. The highest BCUT2D eigenvalue weighted by atomic mass is 35.5. The van der Waals surface area contributed by atoms with Crippen molar-refractivity contribution in [3.8, 4) is 16.9 Å². The van der Waals surface area contributed by atoms with Crippen molar-refractivity contribution in [1.82, 2.24) is 20.0 Å². The van der Waals surface area contributed by atoms with Crippen LogP contribution in [0.25, 0.3) is 16.9 Å². The first-order valence-electron chi connectivity index (χ1n) is 9.97. The van der Waals surface area contributed by atoms with E-state index in [1.807, 2.05) is 30.3 Å². The Morgan fingerprint density at radius 2 is 1.74 bits per heavy atom. The van der Waals surface area contributed by atoms with Crippen LogP contribution in [0.1, 0.15) is 15.9 Å². The zero-order chi connectivity index (χ0) is 24.5. The van der Waals surface area contributed by atoms with Gasteiger partial charge >= 0.3 is 6.18 Å². The van der Waals surface area contributed by atoms with Crippen LogP contribution in [-0.2, 0) is 6.18 Å². The number of pyridine rings is 1. The van der Waals surface area contributed by atoms with E-state index in [0.29, 0.717) is 5.69 Å². The molecule has 11 heteroatoms. The highest BCUT2D eigenvalue weighted by Gasteiger charge is 2.36. The van der Waals surface area contributed by atoms with Gasteiger partial charge in [-0.3, -0.25) is 4.79 Å². The maximum absolute atomic E-state index is 13.6. The highest BCUT2D eigenvalue weighted by molar-refractivity contribution is 6.37. The van der Waals surface area contributed by atoms with Crippen molar-refractivity contribution in [3.63, 3.8) is 0 Å². The SMILES string of the molecule is CN(C)c1c(-c2ccccc2)ccc(C(=O)Nc2cnc(-n3nccn3)c(C(F)(F)F)c2)c1Cl. The van der Waals surface area contributed by atoms with Gasteiger partial charge in [0.05, 0.1) is 40.6 Å². The quantitative estimate of drug-likeness (QED) is 0.413. The fourth-order valence-electron chi connectivity index (χ4n) is 3.45. The summed E-state index contributed by atoms with van der Waals surface area (Å²) in [7, 11) is 3.58. The van der Waals surface area contributed by atoms with Crippen LogP contribution in [0.4, 0.5) is 24.5 Å². The Kier molecular flexibility index (Phi) is 6.25. The van der Waals surface area contributed by atoms with Crippen molar-refractivity contribution in [2.45, 2.75) is 6.18 Å². The van der Waals surface area contributed by atoms with Crippen molar-refractivity contribution >= 4 is 28.9 Å². The van der Waals surface area contributed by atoms with Crippen molar-refractivity contribution in [1.29, 1.82) is 0 Å². The second-order valence-electron chi connectivity index (χ2n) is 7.45. The lowest BCUT2D eigenvalue weighted by Crippen LogP contribution is -2.18. The zero-order valence-corrected chi connectivity index (χ0v) is 18.8. The van der Waals surface area contributed by atoms with Gasteiger partial charge in [0.15, 0.2) is 5.82 Å². The third-order valence-corrected chi connectivity index (χ3v) is 5.31. The number of nitrogens with one attached hydrogen (secondary N) is 1. The predicted molar refractivity (Wildman–Crippen MR) is 123 cm³/mol. The molecular weight excluding hydrogens is 469 g/mol. The molecule has 4 rings (SSSR count). The topological polar surface area (TPSA) is 75.9 Å². The number of halogens is 4. The van der Waals surface area contributed by atoms with E-state index in [2.05, 4.69) is 20.5 Å². The Morgan fingerprint density at radius 3 is 2.35 bits per heavy atom. The average molecular weight is 487 g/mol. The number of hydrogen-bond acceptors (Lipinski definition) is 5. The van der Waals surface area contributed by atoms with Crippen LogP contribution >= 0.6 is 11.6 Å². The molecule has 0 bridgehead atoms. The summed E-state index contributed by atoms with van der Waals surface area (Å²) in [6.45, 7) is 0. The molecule has 4 aromatic rings. The Morgan fingerprint density at radius 1 is 1.06 bits per heavy atom. The maximum Gasteiger partial charge on any atom is 0.420 e. The molecule has 174 valence electrons. The molecule has 0 saturated heterocycles.